The van der Waals surface area contributed by atoms with E-state index < -0.39 is 0 Å². The molecule has 0 saturated heterocycles. The zero-order chi connectivity index (χ0) is 13.9. The highest BCUT2D eigenvalue weighted by Crippen LogP contribution is 2.37. The second-order valence-electron chi connectivity index (χ2n) is 4.24. The van der Waals surface area contributed by atoms with Crippen LogP contribution < -0.4 is 11.1 Å². The number of nitrogens with one attached hydrogen (secondary N) is 1. The second kappa shape index (κ2) is 5.56. The van der Waals surface area contributed by atoms with Gasteiger partial charge in [0.25, 0.3) is 0 Å². The Bertz CT molecular complexity index is 705. The summed E-state index contributed by atoms with van der Waals surface area (Å²) in [5.74, 6) is 0.522. The van der Waals surface area contributed by atoms with Crippen LogP contribution in [0, 0.1) is 6.92 Å². The van der Waals surface area contributed by atoms with Gasteiger partial charge in [0.1, 0.15) is 10.8 Å². The highest BCUT2D eigenvalue weighted by atomic mass is 32.1. The summed E-state index contributed by atoms with van der Waals surface area (Å²) in [6.07, 6.45) is 3.60. The number of thiazole rings is 1. The maximum absolute atomic E-state index is 5.96. The van der Waals surface area contributed by atoms with Gasteiger partial charge in [-0.2, -0.15) is 4.37 Å². The van der Waals surface area contributed by atoms with E-state index in [1.165, 1.54) is 11.5 Å². The minimum atomic E-state index is 0.522. The molecule has 0 amide bonds. The third-order valence-electron chi connectivity index (χ3n) is 2.77. The highest BCUT2D eigenvalue weighted by molar-refractivity contribution is 7.11. The summed E-state index contributed by atoms with van der Waals surface area (Å²) in [6, 6.07) is 3.94. The van der Waals surface area contributed by atoms with Crippen LogP contribution in [0.15, 0.2) is 29.9 Å². The molecule has 0 aliphatic carbocycles. The number of rotatable bonds is 4. The van der Waals surface area contributed by atoms with Crippen LogP contribution in [0.25, 0.3) is 11.3 Å². The normalized spacial score (nSPS) is 10.7. The molecule has 0 saturated carbocycles. The maximum atomic E-state index is 5.96. The molecule has 0 spiro atoms. The Hall–Kier alpha value is -1.99. The molecule has 0 unspecified atom stereocenters. The van der Waals surface area contributed by atoms with E-state index in [9.17, 15) is 0 Å². The van der Waals surface area contributed by atoms with Gasteiger partial charge in [-0.05, 0) is 30.1 Å². The van der Waals surface area contributed by atoms with Gasteiger partial charge >= 0.3 is 0 Å². The molecule has 0 fully saturated rings. The predicted molar refractivity (Wildman–Crippen MR) is 83.9 cm³/mol. The third-order valence-corrected chi connectivity index (χ3v) is 4.36. The minimum Gasteiger partial charge on any atom is -0.382 e. The number of aryl methyl sites for hydroxylation is 1. The first-order valence-corrected chi connectivity index (χ1v) is 7.70. The summed E-state index contributed by atoms with van der Waals surface area (Å²) in [5.41, 5.74) is 8.85. The van der Waals surface area contributed by atoms with Gasteiger partial charge in [-0.15, -0.1) is 11.3 Å². The number of nitrogens with zero attached hydrogens (tertiary/aromatic N) is 3. The van der Waals surface area contributed by atoms with E-state index in [0.29, 0.717) is 12.4 Å². The topological polar surface area (TPSA) is 76.7 Å². The number of aromatic nitrogens is 3. The first-order chi connectivity index (χ1) is 9.74. The molecule has 3 aromatic rings. The van der Waals surface area contributed by atoms with Crippen LogP contribution in [0.5, 0.6) is 0 Å². The fourth-order valence-corrected chi connectivity index (χ4v) is 3.16. The molecule has 7 heteroatoms. The van der Waals surface area contributed by atoms with E-state index in [1.54, 1.807) is 17.5 Å². The fraction of sp³-hybridized carbons (Fsp3) is 0.154. The molecule has 0 aliphatic heterocycles. The molecular formula is C13H13N5S2. The van der Waals surface area contributed by atoms with Crippen molar-refractivity contribution in [2.45, 2.75) is 13.5 Å². The lowest BCUT2D eigenvalue weighted by atomic mass is 10.2. The van der Waals surface area contributed by atoms with Gasteiger partial charge in [-0.1, -0.05) is 6.07 Å². The molecular weight excluding hydrogens is 290 g/mol. The zero-order valence-corrected chi connectivity index (χ0v) is 12.5. The number of hydrogen-bond acceptors (Lipinski definition) is 7. The molecule has 0 bridgehead atoms. The summed E-state index contributed by atoms with van der Waals surface area (Å²) in [6.45, 7) is 2.67. The van der Waals surface area contributed by atoms with E-state index in [2.05, 4.69) is 19.7 Å². The molecule has 3 aromatic heterocycles. The number of nitrogens with two attached hydrogens (primary N) is 1. The quantitative estimate of drug-likeness (QED) is 0.774. The summed E-state index contributed by atoms with van der Waals surface area (Å²) in [5, 5.41) is 7.32. The van der Waals surface area contributed by atoms with E-state index >= 15 is 0 Å². The third kappa shape index (κ3) is 2.63. The molecule has 0 aliphatic rings. The Balaban J connectivity index is 1.84. The first kappa shape index (κ1) is 13.0. The SMILES string of the molecule is Cc1nc(-c2c(N)nsc2NCc2cccnc2)cs1. The molecule has 0 radical (unpaired) electrons. The number of pyridine rings is 1. The molecule has 0 aromatic carbocycles. The van der Waals surface area contributed by atoms with Crippen LogP contribution in [0.1, 0.15) is 10.6 Å². The Labute approximate surface area is 124 Å². The van der Waals surface area contributed by atoms with E-state index in [0.717, 1.165) is 26.8 Å². The van der Waals surface area contributed by atoms with Gasteiger partial charge < -0.3 is 11.1 Å². The van der Waals surface area contributed by atoms with Crippen molar-refractivity contribution in [2.24, 2.45) is 0 Å². The van der Waals surface area contributed by atoms with Crippen molar-refractivity contribution in [3.8, 4) is 11.3 Å². The Morgan fingerprint density at radius 1 is 1.40 bits per heavy atom. The Morgan fingerprint density at radius 2 is 2.30 bits per heavy atom. The van der Waals surface area contributed by atoms with Crippen molar-refractivity contribution >= 4 is 33.7 Å². The fourth-order valence-electron chi connectivity index (χ4n) is 1.83. The molecule has 102 valence electrons. The largest absolute Gasteiger partial charge is 0.382 e. The van der Waals surface area contributed by atoms with Gasteiger partial charge in [0.2, 0.25) is 0 Å². The highest BCUT2D eigenvalue weighted by Gasteiger charge is 2.15. The number of anilines is 2. The van der Waals surface area contributed by atoms with Crippen molar-refractivity contribution in [3.63, 3.8) is 0 Å². The first-order valence-electron chi connectivity index (χ1n) is 6.04. The van der Waals surface area contributed by atoms with Gasteiger partial charge in [0.05, 0.1) is 16.3 Å². The second-order valence-corrected chi connectivity index (χ2v) is 6.07. The van der Waals surface area contributed by atoms with Gasteiger partial charge in [-0.25, -0.2) is 4.98 Å². The van der Waals surface area contributed by atoms with Gasteiger partial charge in [0.15, 0.2) is 0 Å². The lowest BCUT2D eigenvalue weighted by Gasteiger charge is -2.05. The van der Waals surface area contributed by atoms with Gasteiger partial charge in [-0.3, -0.25) is 4.98 Å². The Morgan fingerprint density at radius 3 is 3.00 bits per heavy atom. The van der Waals surface area contributed by atoms with Crippen LogP contribution in [0.3, 0.4) is 0 Å². The van der Waals surface area contributed by atoms with Crippen LogP contribution in [0.2, 0.25) is 0 Å². The molecule has 5 nitrogen and oxygen atoms in total. The molecule has 20 heavy (non-hydrogen) atoms. The lowest BCUT2D eigenvalue weighted by Crippen LogP contribution is -1.99. The van der Waals surface area contributed by atoms with Crippen LogP contribution in [0.4, 0.5) is 10.8 Å². The average molecular weight is 303 g/mol. The van der Waals surface area contributed by atoms with Crippen LogP contribution in [-0.4, -0.2) is 14.3 Å². The number of hydrogen-bond donors (Lipinski definition) is 2. The molecule has 3 N–H and O–H groups in total. The van der Waals surface area contributed by atoms with E-state index in [-0.39, 0.29) is 0 Å². The van der Waals surface area contributed by atoms with Crippen molar-refractivity contribution in [1.29, 1.82) is 0 Å². The lowest BCUT2D eigenvalue weighted by molar-refractivity contribution is 1.12. The number of nitrogen functional groups attached to an aromatic ring is 1. The predicted octanol–water partition coefficient (Wildman–Crippen LogP) is 3.16. The molecule has 3 heterocycles. The Kier molecular flexibility index (Phi) is 3.62. The summed E-state index contributed by atoms with van der Waals surface area (Å²) in [4.78, 5) is 8.58. The van der Waals surface area contributed by atoms with Crippen molar-refractivity contribution in [1.82, 2.24) is 14.3 Å². The summed E-state index contributed by atoms with van der Waals surface area (Å²) >= 11 is 2.96. The van der Waals surface area contributed by atoms with E-state index in [4.69, 9.17) is 5.73 Å². The summed E-state index contributed by atoms with van der Waals surface area (Å²) in [7, 11) is 0. The smallest absolute Gasteiger partial charge is 0.148 e. The molecule has 0 atom stereocenters. The van der Waals surface area contributed by atoms with Crippen LogP contribution >= 0.6 is 22.9 Å². The van der Waals surface area contributed by atoms with Crippen molar-refractivity contribution in [3.05, 3.63) is 40.5 Å². The van der Waals surface area contributed by atoms with Crippen molar-refractivity contribution in [2.75, 3.05) is 11.1 Å². The monoisotopic (exact) mass is 303 g/mol. The zero-order valence-electron chi connectivity index (χ0n) is 10.8. The standard InChI is InChI=1S/C13H13N5S2/c1-8-17-10(7-19-8)11-12(14)18-20-13(11)16-6-9-3-2-4-15-5-9/h2-5,7,16H,6H2,1H3,(H2,14,18). The van der Waals surface area contributed by atoms with Crippen LogP contribution in [-0.2, 0) is 6.54 Å². The van der Waals surface area contributed by atoms with Gasteiger partial charge in [0, 0.05) is 24.3 Å². The maximum Gasteiger partial charge on any atom is 0.148 e. The minimum absolute atomic E-state index is 0.522. The average Bonchev–Trinajstić information content (AvgIpc) is 3.03. The van der Waals surface area contributed by atoms with Crippen molar-refractivity contribution < 1.29 is 0 Å². The molecule has 3 rings (SSSR count). The summed E-state index contributed by atoms with van der Waals surface area (Å²) < 4.78 is 4.22. The van der Waals surface area contributed by atoms with E-state index in [1.807, 2.05) is 30.6 Å².